The summed E-state index contributed by atoms with van der Waals surface area (Å²) < 4.78 is 26.0. The smallest absolute Gasteiger partial charge is 0.237 e. The average Bonchev–Trinajstić information content (AvgIpc) is 2.83. The highest BCUT2D eigenvalue weighted by Crippen LogP contribution is 2.31. The minimum Gasteiger partial charge on any atom is -0.396 e. The molecule has 0 aliphatic heterocycles. The quantitative estimate of drug-likeness (QED) is 0.885. The lowest BCUT2D eigenvalue weighted by molar-refractivity contribution is 0.578. The fraction of sp³-hybridized carbons (Fsp3) is 0.545. The van der Waals surface area contributed by atoms with E-state index in [9.17, 15) is 8.42 Å². The molecule has 0 aromatic carbocycles. The van der Waals surface area contributed by atoms with E-state index in [1.165, 1.54) is 10.5 Å². The Labute approximate surface area is 102 Å². The van der Waals surface area contributed by atoms with E-state index in [1.54, 1.807) is 19.3 Å². The predicted molar refractivity (Wildman–Crippen MR) is 68.2 cm³/mol. The molecular weight excluding hydrogens is 238 g/mol. The van der Waals surface area contributed by atoms with E-state index in [0.29, 0.717) is 11.4 Å². The summed E-state index contributed by atoms with van der Waals surface area (Å²) in [6.07, 6.45) is 6.49. The van der Waals surface area contributed by atoms with Crippen LogP contribution in [-0.4, -0.2) is 25.7 Å². The number of pyridine rings is 1. The maximum Gasteiger partial charge on any atom is 0.237 e. The average molecular weight is 255 g/mol. The number of aromatic nitrogens is 1. The Kier molecular flexibility index (Phi) is 3.24. The lowest BCUT2D eigenvalue weighted by atomic mass is 10.3. The van der Waals surface area contributed by atoms with E-state index >= 15 is 0 Å². The Morgan fingerprint density at radius 2 is 2.06 bits per heavy atom. The van der Waals surface area contributed by atoms with Crippen LogP contribution in [0.25, 0.3) is 0 Å². The van der Waals surface area contributed by atoms with Crippen LogP contribution in [0.3, 0.4) is 0 Å². The van der Waals surface area contributed by atoms with E-state index < -0.39 is 10.0 Å². The molecule has 0 radical (unpaired) electrons. The normalized spacial score (nSPS) is 17.2. The fourth-order valence-electron chi connectivity index (χ4n) is 2.23. The largest absolute Gasteiger partial charge is 0.396 e. The molecule has 0 bridgehead atoms. The van der Waals surface area contributed by atoms with Crippen LogP contribution < -0.4 is 10.0 Å². The van der Waals surface area contributed by atoms with Gasteiger partial charge in [-0.3, -0.25) is 9.29 Å². The van der Waals surface area contributed by atoms with E-state index in [0.717, 1.165) is 25.7 Å². The Morgan fingerprint density at radius 3 is 2.65 bits per heavy atom. The summed E-state index contributed by atoms with van der Waals surface area (Å²) in [6, 6.07) is 1.63. The van der Waals surface area contributed by atoms with Gasteiger partial charge in [0.15, 0.2) is 0 Å². The minimum atomic E-state index is -3.29. The molecule has 1 aromatic rings. The molecule has 1 saturated carbocycles. The van der Waals surface area contributed by atoms with Gasteiger partial charge >= 0.3 is 0 Å². The first-order valence-corrected chi connectivity index (χ1v) is 7.21. The molecular formula is C11H17N3O2S. The van der Waals surface area contributed by atoms with Crippen LogP contribution in [0, 0.1) is 0 Å². The van der Waals surface area contributed by atoms with Crippen molar-refractivity contribution in [2.24, 2.45) is 0 Å². The molecule has 1 fully saturated rings. The summed E-state index contributed by atoms with van der Waals surface area (Å²) >= 11 is 0. The number of nitrogen functional groups attached to an aromatic ring is 1. The molecule has 17 heavy (non-hydrogen) atoms. The van der Waals surface area contributed by atoms with Crippen molar-refractivity contribution in [1.29, 1.82) is 0 Å². The van der Waals surface area contributed by atoms with Gasteiger partial charge in [-0.25, -0.2) is 8.42 Å². The summed E-state index contributed by atoms with van der Waals surface area (Å²) in [5.41, 5.74) is 6.64. The lowest BCUT2D eigenvalue weighted by Gasteiger charge is -2.24. The van der Waals surface area contributed by atoms with Gasteiger partial charge in [0.1, 0.15) is 0 Å². The third-order valence-electron chi connectivity index (χ3n) is 3.27. The summed E-state index contributed by atoms with van der Waals surface area (Å²) in [5.74, 6) is 0. The Hall–Kier alpha value is -1.30. The first-order valence-electron chi connectivity index (χ1n) is 5.70. The maximum absolute atomic E-state index is 12.3. The zero-order valence-corrected chi connectivity index (χ0v) is 10.7. The van der Waals surface area contributed by atoms with Gasteiger partial charge in [0.2, 0.25) is 10.0 Å². The third kappa shape index (κ3) is 2.22. The molecule has 0 atom stereocenters. The number of hydrogen-bond donors (Lipinski definition) is 1. The van der Waals surface area contributed by atoms with Crippen molar-refractivity contribution in [3.05, 3.63) is 18.5 Å². The van der Waals surface area contributed by atoms with E-state index in [-0.39, 0.29) is 5.25 Å². The molecule has 2 N–H and O–H groups in total. The van der Waals surface area contributed by atoms with E-state index in [2.05, 4.69) is 4.98 Å². The van der Waals surface area contributed by atoms with Gasteiger partial charge in [-0.05, 0) is 18.9 Å². The zero-order valence-electron chi connectivity index (χ0n) is 9.83. The van der Waals surface area contributed by atoms with Gasteiger partial charge < -0.3 is 5.73 Å². The number of nitrogens with zero attached hydrogens (tertiary/aromatic N) is 2. The minimum absolute atomic E-state index is 0.264. The van der Waals surface area contributed by atoms with Crippen molar-refractivity contribution in [1.82, 2.24) is 4.98 Å². The van der Waals surface area contributed by atoms with Crippen molar-refractivity contribution in [2.75, 3.05) is 17.1 Å². The molecule has 0 saturated heterocycles. The lowest BCUT2D eigenvalue weighted by Crippen LogP contribution is -2.35. The van der Waals surface area contributed by atoms with Gasteiger partial charge in [-0.2, -0.15) is 0 Å². The molecule has 1 heterocycles. The number of nitrogens with two attached hydrogens (primary N) is 1. The molecule has 0 spiro atoms. The third-order valence-corrected chi connectivity index (χ3v) is 5.55. The second-order valence-electron chi connectivity index (χ2n) is 4.35. The standard InChI is InChI=1S/C11H17N3O2S/c1-14(11-6-7-13-8-10(11)12)17(15,16)9-4-2-3-5-9/h6-9H,2-5,12H2,1H3. The van der Waals surface area contributed by atoms with Crippen LogP contribution in [0.2, 0.25) is 0 Å². The van der Waals surface area contributed by atoms with Gasteiger partial charge in [0.25, 0.3) is 0 Å². The van der Waals surface area contributed by atoms with Crippen LogP contribution in [0.15, 0.2) is 18.5 Å². The van der Waals surface area contributed by atoms with Crippen molar-refractivity contribution in [3.63, 3.8) is 0 Å². The fourth-order valence-corrected chi connectivity index (χ4v) is 4.05. The number of hydrogen-bond acceptors (Lipinski definition) is 4. The van der Waals surface area contributed by atoms with Crippen LogP contribution in [-0.2, 0) is 10.0 Å². The number of rotatable bonds is 3. The highest BCUT2D eigenvalue weighted by Gasteiger charge is 2.32. The summed E-state index contributed by atoms with van der Waals surface area (Å²) in [6.45, 7) is 0. The molecule has 94 valence electrons. The Morgan fingerprint density at radius 1 is 1.41 bits per heavy atom. The van der Waals surface area contributed by atoms with Crippen LogP contribution in [0.4, 0.5) is 11.4 Å². The van der Waals surface area contributed by atoms with Crippen molar-refractivity contribution in [2.45, 2.75) is 30.9 Å². The second kappa shape index (κ2) is 4.52. The Bertz CT molecular complexity index is 495. The van der Waals surface area contributed by atoms with Crippen LogP contribution >= 0.6 is 0 Å². The van der Waals surface area contributed by atoms with E-state index in [4.69, 9.17) is 5.73 Å². The molecule has 6 heteroatoms. The predicted octanol–water partition coefficient (Wildman–Crippen LogP) is 1.37. The summed E-state index contributed by atoms with van der Waals surface area (Å²) in [4.78, 5) is 3.86. The van der Waals surface area contributed by atoms with Gasteiger partial charge in [-0.15, -0.1) is 0 Å². The van der Waals surface area contributed by atoms with Crippen LogP contribution in [0.5, 0.6) is 0 Å². The molecule has 1 aliphatic carbocycles. The summed E-state index contributed by atoms with van der Waals surface area (Å²) in [7, 11) is -1.73. The highest BCUT2D eigenvalue weighted by atomic mass is 32.2. The molecule has 1 aliphatic rings. The topological polar surface area (TPSA) is 76.3 Å². The van der Waals surface area contributed by atoms with Crippen molar-refractivity contribution >= 4 is 21.4 Å². The first-order chi connectivity index (χ1) is 8.03. The van der Waals surface area contributed by atoms with Crippen molar-refractivity contribution in [3.8, 4) is 0 Å². The number of anilines is 2. The van der Waals surface area contributed by atoms with Gasteiger partial charge in [0, 0.05) is 13.2 Å². The summed E-state index contributed by atoms with van der Waals surface area (Å²) in [5, 5.41) is -0.264. The number of sulfonamides is 1. The zero-order chi connectivity index (χ0) is 12.5. The first kappa shape index (κ1) is 12.2. The maximum atomic E-state index is 12.3. The van der Waals surface area contributed by atoms with E-state index in [1.807, 2.05) is 0 Å². The molecule has 0 amide bonds. The molecule has 2 rings (SSSR count). The molecule has 1 aromatic heterocycles. The van der Waals surface area contributed by atoms with Crippen LogP contribution in [0.1, 0.15) is 25.7 Å². The Balaban J connectivity index is 2.31. The SMILES string of the molecule is CN(c1ccncc1N)S(=O)(=O)C1CCCC1. The highest BCUT2D eigenvalue weighted by molar-refractivity contribution is 7.93. The van der Waals surface area contributed by atoms with Crippen molar-refractivity contribution < 1.29 is 8.42 Å². The molecule has 0 unspecified atom stereocenters. The van der Waals surface area contributed by atoms with Gasteiger partial charge in [0.05, 0.1) is 22.8 Å². The van der Waals surface area contributed by atoms with Gasteiger partial charge in [-0.1, -0.05) is 12.8 Å². The second-order valence-corrected chi connectivity index (χ2v) is 6.60. The monoisotopic (exact) mass is 255 g/mol. The molecule has 5 nitrogen and oxygen atoms in total.